The minimum atomic E-state index is -3.91. The molecule has 140 valence electrons. The van der Waals surface area contributed by atoms with Gasteiger partial charge in [-0.05, 0) is 37.5 Å². The van der Waals surface area contributed by atoms with E-state index in [-0.39, 0.29) is 23.9 Å². The summed E-state index contributed by atoms with van der Waals surface area (Å²) >= 11 is 0. The van der Waals surface area contributed by atoms with Gasteiger partial charge in [0.05, 0.1) is 11.6 Å². The molecule has 2 atom stereocenters. The van der Waals surface area contributed by atoms with Crippen molar-refractivity contribution >= 4 is 10.0 Å². The highest BCUT2D eigenvalue weighted by Crippen LogP contribution is 2.40. The fraction of sp³-hybridized carbons (Fsp3) is 0.529. The first-order valence-corrected chi connectivity index (χ1v) is 10.1. The summed E-state index contributed by atoms with van der Waals surface area (Å²) in [5.74, 6) is 0.113. The smallest absolute Gasteiger partial charge is 0.243 e. The van der Waals surface area contributed by atoms with Gasteiger partial charge in [-0.15, -0.1) is 0 Å². The average molecular weight is 382 g/mol. The molecule has 4 rings (SSSR count). The third kappa shape index (κ3) is 3.03. The molecule has 0 radical (unpaired) electrons. The van der Waals surface area contributed by atoms with E-state index in [0.717, 1.165) is 24.7 Å². The fourth-order valence-electron chi connectivity index (χ4n) is 3.46. The van der Waals surface area contributed by atoms with Crippen molar-refractivity contribution in [2.24, 2.45) is 5.92 Å². The Morgan fingerprint density at radius 2 is 2.08 bits per heavy atom. The zero-order valence-corrected chi connectivity index (χ0v) is 15.1. The number of sulfonamides is 1. The lowest BCUT2D eigenvalue weighted by atomic mass is 9.97. The molecule has 1 aliphatic heterocycles. The van der Waals surface area contributed by atoms with Crippen LogP contribution in [0.2, 0.25) is 0 Å². The van der Waals surface area contributed by atoms with E-state index in [1.54, 1.807) is 6.92 Å². The number of aromatic nitrogens is 3. The van der Waals surface area contributed by atoms with Gasteiger partial charge in [-0.3, -0.25) is 9.49 Å². The maximum atomic E-state index is 13.6. The molecule has 1 aliphatic carbocycles. The summed E-state index contributed by atoms with van der Waals surface area (Å²) in [5.41, 5.74) is 0.460. The van der Waals surface area contributed by atoms with Crippen molar-refractivity contribution in [2.75, 3.05) is 19.8 Å². The second kappa shape index (κ2) is 6.38. The topological polar surface area (TPSA) is 79.0 Å². The Balaban J connectivity index is 1.62. The molecule has 1 saturated heterocycles. The zero-order valence-electron chi connectivity index (χ0n) is 14.3. The molecule has 0 bridgehead atoms. The fourth-order valence-corrected chi connectivity index (χ4v) is 5.22. The van der Waals surface area contributed by atoms with E-state index < -0.39 is 28.4 Å². The van der Waals surface area contributed by atoms with Crippen molar-refractivity contribution in [3.63, 3.8) is 0 Å². The van der Waals surface area contributed by atoms with E-state index in [0.29, 0.717) is 17.3 Å². The predicted octanol–water partition coefficient (Wildman–Crippen LogP) is 2.50. The highest BCUT2D eigenvalue weighted by molar-refractivity contribution is 7.89. The SMILES string of the molecule is Cc1ccc(F)cc1S(=O)(=O)N1C[C@@H](CF)[C@H](c2nc(C3CC3)n[nH]2)C1. The Morgan fingerprint density at radius 1 is 1.31 bits per heavy atom. The molecule has 0 amide bonds. The maximum Gasteiger partial charge on any atom is 0.243 e. The number of nitrogens with zero attached hydrogens (tertiary/aromatic N) is 3. The standard InChI is InChI=1S/C17H20F2N4O2S/c1-10-2-5-13(19)6-15(10)26(24,25)23-8-12(7-18)14(9-23)17-20-16(21-22-17)11-3-4-11/h2,5-6,11-12,14H,3-4,7-9H2,1H3,(H,20,21,22)/t12-,14-/m1/s1. The monoisotopic (exact) mass is 382 g/mol. The molecular weight excluding hydrogens is 362 g/mol. The molecule has 6 nitrogen and oxygen atoms in total. The van der Waals surface area contributed by atoms with Crippen LogP contribution >= 0.6 is 0 Å². The number of aromatic amines is 1. The molecule has 2 heterocycles. The minimum Gasteiger partial charge on any atom is -0.263 e. The van der Waals surface area contributed by atoms with Crippen LogP contribution in [0.4, 0.5) is 8.78 Å². The number of hydrogen-bond acceptors (Lipinski definition) is 4. The molecule has 1 saturated carbocycles. The van der Waals surface area contributed by atoms with Gasteiger partial charge < -0.3 is 0 Å². The van der Waals surface area contributed by atoms with Gasteiger partial charge in [-0.25, -0.2) is 17.8 Å². The highest BCUT2D eigenvalue weighted by atomic mass is 32.2. The molecule has 1 aromatic carbocycles. The number of alkyl halides is 1. The lowest BCUT2D eigenvalue weighted by Gasteiger charge is -2.17. The predicted molar refractivity (Wildman–Crippen MR) is 90.5 cm³/mol. The first-order valence-electron chi connectivity index (χ1n) is 8.64. The molecule has 0 unspecified atom stereocenters. The van der Waals surface area contributed by atoms with Crippen LogP contribution in [0.5, 0.6) is 0 Å². The van der Waals surface area contributed by atoms with Gasteiger partial charge in [0.25, 0.3) is 0 Å². The first-order chi connectivity index (χ1) is 12.4. The van der Waals surface area contributed by atoms with Gasteiger partial charge >= 0.3 is 0 Å². The summed E-state index contributed by atoms with van der Waals surface area (Å²) in [6, 6.07) is 3.67. The van der Waals surface area contributed by atoms with Crippen molar-refractivity contribution in [3.8, 4) is 0 Å². The number of nitrogens with one attached hydrogen (secondary N) is 1. The Bertz CT molecular complexity index is 927. The lowest BCUT2D eigenvalue weighted by molar-refractivity contribution is 0.346. The Hall–Kier alpha value is -1.87. The van der Waals surface area contributed by atoms with Crippen LogP contribution in [0, 0.1) is 18.7 Å². The van der Waals surface area contributed by atoms with Gasteiger partial charge in [0.1, 0.15) is 11.6 Å². The average Bonchev–Trinajstić information content (AvgIpc) is 3.18. The van der Waals surface area contributed by atoms with Crippen molar-refractivity contribution in [1.29, 1.82) is 0 Å². The molecule has 2 fully saturated rings. The molecule has 0 spiro atoms. The Morgan fingerprint density at radius 3 is 2.77 bits per heavy atom. The van der Waals surface area contributed by atoms with Crippen LogP contribution in [0.25, 0.3) is 0 Å². The molecule has 9 heteroatoms. The molecule has 26 heavy (non-hydrogen) atoms. The van der Waals surface area contributed by atoms with E-state index in [2.05, 4.69) is 15.2 Å². The number of halogens is 2. The van der Waals surface area contributed by atoms with E-state index in [9.17, 15) is 17.2 Å². The Kier molecular flexibility index (Phi) is 4.31. The van der Waals surface area contributed by atoms with Crippen molar-refractivity contribution in [1.82, 2.24) is 19.5 Å². The third-order valence-electron chi connectivity index (χ3n) is 5.19. The number of aryl methyl sites for hydroxylation is 1. The van der Waals surface area contributed by atoms with Crippen molar-refractivity contribution in [3.05, 3.63) is 41.2 Å². The first kappa shape index (κ1) is 17.5. The van der Waals surface area contributed by atoms with E-state index >= 15 is 0 Å². The summed E-state index contributed by atoms with van der Waals surface area (Å²) in [4.78, 5) is 4.38. The van der Waals surface area contributed by atoms with Crippen LogP contribution in [0.3, 0.4) is 0 Å². The zero-order chi connectivity index (χ0) is 18.5. The van der Waals surface area contributed by atoms with Crippen LogP contribution in [0.15, 0.2) is 23.1 Å². The van der Waals surface area contributed by atoms with Gasteiger partial charge in [0.15, 0.2) is 5.82 Å². The normalized spacial score (nSPS) is 24.3. The number of benzene rings is 1. The number of rotatable bonds is 5. The van der Waals surface area contributed by atoms with Crippen LogP contribution < -0.4 is 0 Å². The maximum absolute atomic E-state index is 13.6. The van der Waals surface area contributed by atoms with Gasteiger partial charge in [0.2, 0.25) is 10.0 Å². The third-order valence-corrected chi connectivity index (χ3v) is 7.16. The minimum absolute atomic E-state index is 0.0406. The van der Waals surface area contributed by atoms with E-state index in [1.807, 2.05) is 0 Å². The summed E-state index contributed by atoms with van der Waals surface area (Å²) in [5, 5.41) is 7.04. The van der Waals surface area contributed by atoms with E-state index in [4.69, 9.17) is 0 Å². The van der Waals surface area contributed by atoms with Gasteiger partial charge in [-0.1, -0.05) is 6.07 Å². The lowest BCUT2D eigenvalue weighted by Crippen LogP contribution is -2.30. The summed E-state index contributed by atoms with van der Waals surface area (Å²) in [7, 11) is -3.91. The van der Waals surface area contributed by atoms with Crippen LogP contribution in [0.1, 0.15) is 41.9 Å². The van der Waals surface area contributed by atoms with Crippen molar-refractivity contribution in [2.45, 2.75) is 36.5 Å². The second-order valence-electron chi connectivity index (χ2n) is 7.11. The molecular formula is C17H20F2N4O2S. The van der Waals surface area contributed by atoms with Crippen LogP contribution in [-0.4, -0.2) is 47.7 Å². The highest BCUT2D eigenvalue weighted by Gasteiger charge is 2.42. The van der Waals surface area contributed by atoms with Crippen molar-refractivity contribution < 1.29 is 17.2 Å². The number of hydrogen-bond donors (Lipinski definition) is 1. The molecule has 1 N–H and O–H groups in total. The van der Waals surface area contributed by atoms with Crippen LogP contribution in [-0.2, 0) is 10.0 Å². The summed E-state index contributed by atoms with van der Waals surface area (Å²) in [6.45, 7) is 1.11. The van der Waals surface area contributed by atoms with E-state index in [1.165, 1.54) is 16.4 Å². The summed E-state index contributed by atoms with van der Waals surface area (Å²) < 4.78 is 54.3. The van der Waals surface area contributed by atoms with Gasteiger partial charge in [0, 0.05) is 30.8 Å². The largest absolute Gasteiger partial charge is 0.263 e. The summed E-state index contributed by atoms with van der Waals surface area (Å²) in [6.07, 6.45) is 2.10. The Labute approximate surface area is 150 Å². The second-order valence-corrected chi connectivity index (χ2v) is 9.01. The molecule has 2 aliphatic rings. The molecule has 1 aromatic heterocycles. The van der Waals surface area contributed by atoms with Gasteiger partial charge in [-0.2, -0.15) is 9.40 Å². The quantitative estimate of drug-likeness (QED) is 0.862. The molecule has 2 aromatic rings. The number of H-pyrrole nitrogens is 1.